The Balaban J connectivity index is 0.000000271. The summed E-state index contributed by atoms with van der Waals surface area (Å²) in [6.07, 6.45) is 4.46. The van der Waals surface area contributed by atoms with E-state index < -0.39 is 12.7 Å². The van der Waals surface area contributed by atoms with Gasteiger partial charge in [-0.2, -0.15) is 20.5 Å². The van der Waals surface area contributed by atoms with Gasteiger partial charge in [-0.25, -0.2) is 9.97 Å². The molecule has 0 spiro atoms. The zero-order valence-corrected chi connectivity index (χ0v) is 40.5. The molecule has 0 unspecified atom stereocenters. The second-order valence-electron chi connectivity index (χ2n) is 16.5. The Bertz CT molecular complexity index is 2240. The van der Waals surface area contributed by atoms with Crippen LogP contribution in [0.25, 0.3) is 0 Å². The van der Waals surface area contributed by atoms with E-state index in [0.717, 1.165) is 55.7 Å². The van der Waals surface area contributed by atoms with E-state index in [4.69, 9.17) is 5.73 Å². The second-order valence-corrected chi connectivity index (χ2v) is 18.1. The van der Waals surface area contributed by atoms with Gasteiger partial charge in [-0.05, 0) is 101 Å². The highest BCUT2D eigenvalue weighted by Crippen LogP contribution is 2.32. The van der Waals surface area contributed by atoms with Crippen LogP contribution in [0, 0.1) is 34.5 Å². The summed E-state index contributed by atoms with van der Waals surface area (Å²) in [6.45, 7) is 3.90. The fourth-order valence-corrected chi connectivity index (χ4v) is 9.12. The van der Waals surface area contributed by atoms with E-state index in [9.17, 15) is 36.9 Å². The zero-order chi connectivity index (χ0) is 48.9. The molecule has 0 atom stereocenters. The van der Waals surface area contributed by atoms with E-state index in [1.54, 1.807) is 12.1 Å². The number of aromatic nitrogens is 4. The van der Waals surface area contributed by atoms with Gasteiger partial charge in [0.05, 0.1) is 12.4 Å². The molecular formula is C47H60Br2F6N12O2. The molecule has 7 rings (SSSR count). The van der Waals surface area contributed by atoms with E-state index in [-0.39, 0.29) is 50.0 Å². The Morgan fingerprint density at radius 1 is 0.652 bits per heavy atom. The summed E-state index contributed by atoms with van der Waals surface area (Å²) < 4.78 is 83.7. The van der Waals surface area contributed by atoms with Gasteiger partial charge >= 0.3 is 12.7 Å². The van der Waals surface area contributed by atoms with Gasteiger partial charge in [0.25, 0.3) is 0 Å². The average molecular weight is 1100 g/mol. The first-order valence-electron chi connectivity index (χ1n) is 22.5. The largest absolute Gasteiger partial charge is 0.573 e. The molecule has 376 valence electrons. The maximum atomic E-state index is 12.6. The molecule has 3 fully saturated rings. The topological polar surface area (TPSA) is 195 Å². The van der Waals surface area contributed by atoms with Crippen molar-refractivity contribution < 1.29 is 35.8 Å². The van der Waals surface area contributed by atoms with Gasteiger partial charge in [0.15, 0.2) is 0 Å². The van der Waals surface area contributed by atoms with Crippen LogP contribution in [-0.4, -0.2) is 86.5 Å². The van der Waals surface area contributed by atoms with Gasteiger partial charge in [0.2, 0.25) is 11.9 Å². The van der Waals surface area contributed by atoms with E-state index in [0.29, 0.717) is 58.3 Å². The highest BCUT2D eigenvalue weighted by Gasteiger charge is 2.33. The normalized spacial score (nSPS) is 18.9. The minimum absolute atomic E-state index is 0. The zero-order valence-electron chi connectivity index (χ0n) is 37.4. The summed E-state index contributed by atoms with van der Waals surface area (Å²) >= 11 is 6.56. The average Bonchev–Trinajstić information content (AvgIpc) is 3.30. The third-order valence-corrected chi connectivity index (χ3v) is 12.7. The summed E-state index contributed by atoms with van der Waals surface area (Å²) in [5.74, 6) is 1.65. The first-order valence-corrected chi connectivity index (χ1v) is 24.7. The fourth-order valence-electron chi connectivity index (χ4n) is 7.81. The van der Waals surface area contributed by atoms with Gasteiger partial charge in [-0.3, -0.25) is 0 Å². The molecule has 0 amide bonds. The first kappa shape index (κ1) is 56.4. The standard InChI is InChI=1S/C23H27F3N6O.C20H23F3N6O.C3H6Br2.CH4/c24-23(25,26)33-20-5-2-1-4-17(20)14-29-22-30-15-18(12-27)21(31-22)28-13-16-6-8-19(9-7-16)32-10-3-11-32;21-20(22,23)30-17-4-2-1-3-14(17)11-27-19-28-12-15(9-24)18(29-19)26-10-13-5-7-16(25)8-6-13;4-2-1-3-5;/h1-2,4-5,15-16,19H,3,6-11,13-14H2,(H2,28,29,30,31);1-4,12-13,16H,5-8,10-11,25H2,(H2,26,27,28,29);1-3H2;1H4. The quantitative estimate of drug-likeness (QED) is 0.0495. The van der Waals surface area contributed by atoms with Crippen molar-refractivity contribution in [3.05, 3.63) is 83.2 Å². The third kappa shape index (κ3) is 19.6. The molecule has 22 heteroatoms. The number of nitriles is 2. The smallest absolute Gasteiger partial charge is 0.405 e. The van der Waals surface area contributed by atoms with Gasteiger partial charge in [-0.15, -0.1) is 26.3 Å². The molecule has 1 saturated heterocycles. The van der Waals surface area contributed by atoms with Crippen LogP contribution in [0.3, 0.4) is 0 Å². The van der Waals surface area contributed by atoms with E-state index in [2.05, 4.69) is 93.5 Å². The van der Waals surface area contributed by atoms with Crippen LogP contribution in [0.4, 0.5) is 49.9 Å². The number of ether oxygens (including phenoxy) is 2. The van der Waals surface area contributed by atoms with Crippen LogP contribution in [0.1, 0.15) is 93.9 Å². The number of para-hydroxylation sites is 2. The lowest BCUT2D eigenvalue weighted by Crippen LogP contribution is -2.46. The minimum atomic E-state index is -4.78. The SMILES string of the molecule is BrCCCBr.C.N#Cc1cnc(NCc2ccccc2OC(F)(F)F)nc1NCC1CCC(N)CC1.N#Cc1cnc(NCc2ccccc2OC(F)(F)F)nc1NCC1CCC(N2CCC2)CC1. The maximum Gasteiger partial charge on any atom is 0.573 e. The Morgan fingerprint density at radius 2 is 1.07 bits per heavy atom. The number of anilines is 4. The number of nitrogens with zero attached hydrogens (tertiary/aromatic N) is 7. The number of nitrogens with one attached hydrogen (secondary N) is 4. The minimum Gasteiger partial charge on any atom is -0.405 e. The lowest BCUT2D eigenvalue weighted by molar-refractivity contribution is -0.275. The first-order chi connectivity index (χ1) is 32.7. The lowest BCUT2D eigenvalue weighted by atomic mass is 9.84. The maximum absolute atomic E-state index is 12.6. The van der Waals surface area contributed by atoms with E-state index >= 15 is 0 Å². The molecule has 2 aromatic carbocycles. The summed E-state index contributed by atoms with van der Waals surface area (Å²) in [5.41, 5.74) is 7.18. The number of likely N-dealkylation sites (tertiary alicyclic amines) is 1. The molecular weight excluding hydrogens is 1040 g/mol. The fraction of sp³-hybridized carbons (Fsp3) is 0.532. The predicted octanol–water partition coefficient (Wildman–Crippen LogP) is 11.1. The Hall–Kier alpha value is -5.16. The van der Waals surface area contributed by atoms with Crippen LogP contribution < -0.4 is 36.5 Å². The molecule has 2 aliphatic carbocycles. The number of halogens is 8. The molecule has 6 N–H and O–H groups in total. The molecule has 1 aliphatic heterocycles. The highest BCUT2D eigenvalue weighted by atomic mass is 79.9. The van der Waals surface area contributed by atoms with Crippen molar-refractivity contribution in [3.8, 4) is 23.6 Å². The highest BCUT2D eigenvalue weighted by molar-refractivity contribution is 9.09. The van der Waals surface area contributed by atoms with Gasteiger partial charge < -0.3 is 41.4 Å². The Morgan fingerprint density at radius 3 is 1.43 bits per heavy atom. The molecule has 2 aromatic heterocycles. The summed E-state index contributed by atoms with van der Waals surface area (Å²) in [5, 5.41) is 33.2. The molecule has 4 aromatic rings. The third-order valence-electron chi connectivity index (χ3n) is 11.6. The molecule has 0 bridgehead atoms. The van der Waals surface area contributed by atoms with E-state index in [1.807, 2.05) is 6.07 Å². The monoisotopic (exact) mass is 1100 g/mol. The lowest BCUT2D eigenvalue weighted by Gasteiger charge is -2.42. The van der Waals surface area contributed by atoms with Crippen LogP contribution in [0.2, 0.25) is 0 Å². The van der Waals surface area contributed by atoms with Crippen LogP contribution in [-0.2, 0) is 13.1 Å². The number of hydrogen-bond donors (Lipinski definition) is 5. The number of alkyl halides is 8. The Labute approximate surface area is 416 Å². The summed E-state index contributed by atoms with van der Waals surface area (Å²) in [4.78, 5) is 19.5. The number of hydrogen-bond acceptors (Lipinski definition) is 14. The molecule has 3 aliphatic rings. The summed E-state index contributed by atoms with van der Waals surface area (Å²) in [7, 11) is 0. The molecule has 69 heavy (non-hydrogen) atoms. The molecule has 14 nitrogen and oxygen atoms in total. The van der Waals surface area contributed by atoms with Gasteiger partial charge in [-0.1, -0.05) is 75.7 Å². The molecule has 3 heterocycles. The van der Waals surface area contributed by atoms with Crippen LogP contribution >= 0.6 is 31.9 Å². The Kier molecular flexibility index (Phi) is 23.3. The van der Waals surface area contributed by atoms with Crippen molar-refractivity contribution in [1.29, 1.82) is 10.5 Å². The molecule has 2 saturated carbocycles. The van der Waals surface area contributed by atoms with Crippen LogP contribution in [0.5, 0.6) is 11.5 Å². The number of nitrogens with two attached hydrogens (primary N) is 1. The van der Waals surface area contributed by atoms with Crippen molar-refractivity contribution in [2.24, 2.45) is 17.6 Å². The van der Waals surface area contributed by atoms with Crippen molar-refractivity contribution >= 4 is 55.4 Å². The van der Waals surface area contributed by atoms with Gasteiger partial charge in [0.1, 0.15) is 46.4 Å². The second kappa shape index (κ2) is 28.5. The van der Waals surface area contributed by atoms with Crippen molar-refractivity contribution in [1.82, 2.24) is 24.8 Å². The van der Waals surface area contributed by atoms with Crippen LogP contribution in [0.15, 0.2) is 60.9 Å². The van der Waals surface area contributed by atoms with Gasteiger partial charge in [0, 0.05) is 60.0 Å². The van der Waals surface area contributed by atoms with Crippen molar-refractivity contribution in [2.45, 2.75) is 110 Å². The molecule has 0 radical (unpaired) electrons. The van der Waals surface area contributed by atoms with Crippen molar-refractivity contribution in [3.63, 3.8) is 0 Å². The summed E-state index contributed by atoms with van der Waals surface area (Å²) in [6, 6.07) is 16.8. The number of rotatable bonds is 17. The van der Waals surface area contributed by atoms with Crippen molar-refractivity contribution in [2.75, 3.05) is 58.1 Å². The number of benzene rings is 2. The predicted molar refractivity (Wildman–Crippen MR) is 262 cm³/mol. The van der Waals surface area contributed by atoms with E-state index in [1.165, 1.54) is 87.6 Å².